The number of ether oxygens (including phenoxy) is 1. The molecule has 0 radical (unpaired) electrons. The Balaban J connectivity index is 2.14. The van der Waals surface area contributed by atoms with E-state index in [9.17, 15) is 4.39 Å². The first-order chi connectivity index (χ1) is 10.1. The van der Waals surface area contributed by atoms with Crippen LogP contribution in [0.25, 0.3) is 0 Å². The van der Waals surface area contributed by atoms with Crippen LogP contribution in [0.5, 0.6) is 0 Å². The Morgan fingerprint density at radius 3 is 2.76 bits per heavy atom. The molecule has 0 aliphatic heterocycles. The number of para-hydroxylation sites is 1. The molecule has 1 aromatic carbocycles. The predicted octanol–water partition coefficient (Wildman–Crippen LogP) is 3.19. The normalized spacial score (nSPS) is 14.7. The van der Waals surface area contributed by atoms with Gasteiger partial charge in [-0.05, 0) is 30.4 Å². The molecule has 118 valence electrons. The summed E-state index contributed by atoms with van der Waals surface area (Å²) >= 11 is 0. The summed E-state index contributed by atoms with van der Waals surface area (Å²) in [4.78, 5) is 2.27. The molecule has 2 rings (SSSR count). The summed E-state index contributed by atoms with van der Waals surface area (Å²) in [6.07, 6.45) is 2.36. The summed E-state index contributed by atoms with van der Waals surface area (Å²) in [5, 5.41) is 3.32. The van der Waals surface area contributed by atoms with Gasteiger partial charge >= 0.3 is 0 Å². The van der Waals surface area contributed by atoms with Gasteiger partial charge in [-0.25, -0.2) is 4.39 Å². The minimum atomic E-state index is -0.103. The first-order valence-electron chi connectivity index (χ1n) is 7.87. The topological polar surface area (TPSA) is 24.5 Å². The molecule has 0 saturated heterocycles. The maximum absolute atomic E-state index is 14.4. The number of anilines is 1. The van der Waals surface area contributed by atoms with E-state index in [-0.39, 0.29) is 5.82 Å². The fourth-order valence-corrected chi connectivity index (χ4v) is 2.62. The van der Waals surface area contributed by atoms with Crippen LogP contribution < -0.4 is 10.2 Å². The van der Waals surface area contributed by atoms with E-state index < -0.39 is 0 Å². The minimum absolute atomic E-state index is 0.103. The van der Waals surface area contributed by atoms with Crippen LogP contribution in [-0.4, -0.2) is 32.8 Å². The average Bonchev–Trinajstić information content (AvgIpc) is 3.26. The molecule has 1 N–H and O–H groups in total. The van der Waals surface area contributed by atoms with Crippen molar-refractivity contribution in [3.63, 3.8) is 0 Å². The largest absolute Gasteiger partial charge is 0.383 e. The Hall–Kier alpha value is -1.13. The van der Waals surface area contributed by atoms with E-state index in [4.69, 9.17) is 4.74 Å². The molecular formula is C17H27FN2O. The van der Waals surface area contributed by atoms with Crippen molar-refractivity contribution in [3.05, 3.63) is 29.6 Å². The van der Waals surface area contributed by atoms with Gasteiger partial charge in [0.15, 0.2) is 0 Å². The second-order valence-corrected chi connectivity index (χ2v) is 6.19. The first kappa shape index (κ1) is 16.2. The number of benzene rings is 1. The van der Waals surface area contributed by atoms with Crippen LogP contribution in [0.3, 0.4) is 0 Å². The fraction of sp³-hybridized carbons (Fsp3) is 0.647. The number of nitrogens with one attached hydrogen (secondary N) is 1. The van der Waals surface area contributed by atoms with E-state index in [1.54, 1.807) is 19.2 Å². The highest BCUT2D eigenvalue weighted by atomic mass is 19.1. The van der Waals surface area contributed by atoms with Crippen molar-refractivity contribution >= 4 is 5.69 Å². The van der Waals surface area contributed by atoms with Crippen molar-refractivity contribution < 1.29 is 9.13 Å². The van der Waals surface area contributed by atoms with Crippen LogP contribution in [-0.2, 0) is 11.3 Å². The zero-order valence-corrected chi connectivity index (χ0v) is 13.4. The third-order valence-corrected chi connectivity index (χ3v) is 3.71. The molecule has 1 aliphatic rings. The number of hydrogen-bond donors (Lipinski definition) is 1. The van der Waals surface area contributed by atoms with Crippen molar-refractivity contribution in [1.82, 2.24) is 5.32 Å². The molecule has 1 saturated carbocycles. The van der Waals surface area contributed by atoms with Crippen molar-refractivity contribution in [2.45, 2.75) is 39.3 Å². The van der Waals surface area contributed by atoms with Gasteiger partial charge in [-0.1, -0.05) is 26.0 Å². The van der Waals surface area contributed by atoms with Crippen molar-refractivity contribution in [2.24, 2.45) is 5.92 Å². The van der Waals surface area contributed by atoms with Gasteiger partial charge in [-0.2, -0.15) is 0 Å². The van der Waals surface area contributed by atoms with Crippen molar-refractivity contribution in [1.29, 1.82) is 0 Å². The highest BCUT2D eigenvalue weighted by molar-refractivity contribution is 5.56. The van der Waals surface area contributed by atoms with E-state index in [0.29, 0.717) is 25.1 Å². The van der Waals surface area contributed by atoms with Gasteiger partial charge in [0.1, 0.15) is 5.82 Å². The molecule has 1 aromatic rings. The summed E-state index contributed by atoms with van der Waals surface area (Å²) in [5.74, 6) is 0.424. The Labute approximate surface area is 127 Å². The molecule has 0 amide bonds. The summed E-state index contributed by atoms with van der Waals surface area (Å²) in [6.45, 7) is 7.41. The molecule has 0 aromatic heterocycles. The standard InChI is InChI=1S/C17H27FN2O/c1-13(2)12-20(15-7-8-15)17-14(5-4-6-16(17)18)11-19-9-10-21-3/h4-6,13,15,19H,7-12H2,1-3H3. The molecule has 0 bridgehead atoms. The zero-order valence-electron chi connectivity index (χ0n) is 13.4. The third kappa shape index (κ3) is 4.68. The van der Waals surface area contributed by atoms with Gasteiger partial charge < -0.3 is 15.0 Å². The van der Waals surface area contributed by atoms with Crippen LogP contribution in [0.2, 0.25) is 0 Å². The molecule has 0 spiro atoms. The molecule has 3 nitrogen and oxygen atoms in total. The molecule has 4 heteroatoms. The summed E-state index contributed by atoms with van der Waals surface area (Å²) in [5.41, 5.74) is 1.83. The monoisotopic (exact) mass is 294 g/mol. The molecule has 1 fully saturated rings. The number of rotatable bonds is 9. The lowest BCUT2D eigenvalue weighted by atomic mass is 10.1. The minimum Gasteiger partial charge on any atom is -0.383 e. The third-order valence-electron chi connectivity index (χ3n) is 3.71. The van der Waals surface area contributed by atoms with E-state index >= 15 is 0 Å². The van der Waals surface area contributed by atoms with Crippen molar-refractivity contribution in [3.8, 4) is 0 Å². The maximum Gasteiger partial charge on any atom is 0.146 e. The molecule has 0 unspecified atom stereocenters. The number of hydrogen-bond acceptors (Lipinski definition) is 3. The van der Waals surface area contributed by atoms with Crippen LogP contribution in [0.4, 0.5) is 10.1 Å². The SMILES string of the molecule is COCCNCc1cccc(F)c1N(CC(C)C)C1CC1. The van der Waals surface area contributed by atoms with Gasteiger partial charge in [0.05, 0.1) is 12.3 Å². The van der Waals surface area contributed by atoms with Crippen LogP contribution in [0.1, 0.15) is 32.3 Å². The summed E-state index contributed by atoms with van der Waals surface area (Å²) in [7, 11) is 1.69. The first-order valence-corrected chi connectivity index (χ1v) is 7.87. The molecule has 1 aliphatic carbocycles. The Morgan fingerprint density at radius 1 is 1.38 bits per heavy atom. The van der Waals surface area contributed by atoms with Crippen LogP contribution in [0.15, 0.2) is 18.2 Å². The Kier molecular flexibility index (Phi) is 6.00. The lowest BCUT2D eigenvalue weighted by molar-refractivity contribution is 0.199. The molecule has 0 heterocycles. The molecule has 0 atom stereocenters. The van der Waals surface area contributed by atoms with Gasteiger partial charge in [0.2, 0.25) is 0 Å². The van der Waals surface area contributed by atoms with Gasteiger partial charge in [0, 0.05) is 32.8 Å². The smallest absolute Gasteiger partial charge is 0.146 e. The second kappa shape index (κ2) is 7.76. The number of methoxy groups -OCH3 is 1. The highest BCUT2D eigenvalue weighted by Gasteiger charge is 2.32. The van der Waals surface area contributed by atoms with Crippen LogP contribution >= 0.6 is 0 Å². The van der Waals surface area contributed by atoms with Gasteiger partial charge in [-0.15, -0.1) is 0 Å². The van der Waals surface area contributed by atoms with E-state index in [2.05, 4.69) is 24.1 Å². The molecule has 21 heavy (non-hydrogen) atoms. The number of nitrogens with zero attached hydrogens (tertiary/aromatic N) is 1. The summed E-state index contributed by atoms with van der Waals surface area (Å²) < 4.78 is 19.5. The zero-order chi connectivity index (χ0) is 15.2. The van der Waals surface area contributed by atoms with Crippen molar-refractivity contribution in [2.75, 3.05) is 31.7 Å². The quantitative estimate of drug-likeness (QED) is 0.708. The average molecular weight is 294 g/mol. The van der Waals surface area contributed by atoms with E-state index in [0.717, 1.165) is 24.3 Å². The van der Waals surface area contributed by atoms with Gasteiger partial charge in [0.25, 0.3) is 0 Å². The maximum atomic E-state index is 14.4. The van der Waals surface area contributed by atoms with Gasteiger partial charge in [-0.3, -0.25) is 0 Å². The number of halogens is 1. The Morgan fingerprint density at radius 2 is 2.14 bits per heavy atom. The van der Waals surface area contributed by atoms with E-state index in [1.165, 1.54) is 12.8 Å². The lowest BCUT2D eigenvalue weighted by Gasteiger charge is -2.29. The second-order valence-electron chi connectivity index (χ2n) is 6.19. The van der Waals surface area contributed by atoms with Crippen LogP contribution in [0, 0.1) is 11.7 Å². The Bertz CT molecular complexity index is 446. The lowest BCUT2D eigenvalue weighted by Crippen LogP contribution is -2.32. The fourth-order valence-electron chi connectivity index (χ4n) is 2.62. The molecular weight excluding hydrogens is 267 g/mol. The van der Waals surface area contributed by atoms with E-state index in [1.807, 2.05) is 6.07 Å². The predicted molar refractivity (Wildman–Crippen MR) is 85.2 cm³/mol. The highest BCUT2D eigenvalue weighted by Crippen LogP contribution is 2.35. The summed E-state index contributed by atoms with van der Waals surface area (Å²) in [6, 6.07) is 5.91.